The normalized spacial score (nSPS) is 14.0. The summed E-state index contributed by atoms with van der Waals surface area (Å²) in [5.41, 5.74) is 6.70. The van der Waals surface area contributed by atoms with Gasteiger partial charge in [0.25, 0.3) is 0 Å². The zero-order chi connectivity index (χ0) is 11.6. The van der Waals surface area contributed by atoms with E-state index in [1.165, 1.54) is 0 Å². The van der Waals surface area contributed by atoms with Gasteiger partial charge in [-0.05, 0) is 33.6 Å². The van der Waals surface area contributed by atoms with Gasteiger partial charge in [-0.1, -0.05) is 31.5 Å². The molecule has 0 aliphatic rings. The standard InChI is InChI=1S/C11H15BrClNO/c1-11(2,6-15)10(14)7-3-4-9(13)8(12)5-7/h3-5,10,15H,6,14H2,1-2H3/t10-/m1/s1. The highest BCUT2D eigenvalue weighted by atomic mass is 79.9. The third-order valence-corrected chi connectivity index (χ3v) is 3.77. The smallest absolute Gasteiger partial charge is 0.0548 e. The second-order valence-electron chi connectivity index (χ2n) is 4.30. The van der Waals surface area contributed by atoms with Crippen LogP contribution in [0.5, 0.6) is 0 Å². The first-order valence-electron chi connectivity index (χ1n) is 4.70. The predicted molar refractivity (Wildman–Crippen MR) is 66.9 cm³/mol. The van der Waals surface area contributed by atoms with Crippen molar-refractivity contribution in [1.29, 1.82) is 0 Å². The van der Waals surface area contributed by atoms with E-state index in [-0.39, 0.29) is 18.1 Å². The number of benzene rings is 1. The fourth-order valence-corrected chi connectivity index (χ4v) is 1.77. The maximum atomic E-state index is 9.23. The Bertz CT molecular complexity index is 354. The third-order valence-electron chi connectivity index (χ3n) is 2.55. The summed E-state index contributed by atoms with van der Waals surface area (Å²) in [5.74, 6) is 0. The molecule has 0 amide bonds. The summed E-state index contributed by atoms with van der Waals surface area (Å²) in [4.78, 5) is 0. The van der Waals surface area contributed by atoms with E-state index in [4.69, 9.17) is 17.3 Å². The highest BCUT2D eigenvalue weighted by Crippen LogP contribution is 2.33. The summed E-state index contributed by atoms with van der Waals surface area (Å²) in [6, 6.07) is 5.37. The largest absolute Gasteiger partial charge is 0.396 e. The SMILES string of the molecule is CC(C)(CO)[C@H](N)c1ccc(Cl)c(Br)c1. The fraction of sp³-hybridized carbons (Fsp3) is 0.455. The molecule has 0 fully saturated rings. The van der Waals surface area contributed by atoms with Crippen LogP contribution in [-0.4, -0.2) is 11.7 Å². The lowest BCUT2D eigenvalue weighted by molar-refractivity contribution is 0.132. The van der Waals surface area contributed by atoms with E-state index in [2.05, 4.69) is 15.9 Å². The zero-order valence-electron chi connectivity index (χ0n) is 8.80. The molecular weight excluding hydrogens is 277 g/mol. The van der Waals surface area contributed by atoms with E-state index in [0.717, 1.165) is 10.0 Å². The molecule has 0 heterocycles. The van der Waals surface area contributed by atoms with Gasteiger partial charge in [0.2, 0.25) is 0 Å². The summed E-state index contributed by atoms with van der Waals surface area (Å²) in [7, 11) is 0. The van der Waals surface area contributed by atoms with Gasteiger partial charge in [0.15, 0.2) is 0 Å². The van der Waals surface area contributed by atoms with Crippen molar-refractivity contribution in [2.45, 2.75) is 19.9 Å². The Morgan fingerprint density at radius 2 is 2.13 bits per heavy atom. The van der Waals surface area contributed by atoms with Gasteiger partial charge in [0, 0.05) is 22.5 Å². The quantitative estimate of drug-likeness (QED) is 0.899. The van der Waals surface area contributed by atoms with Crippen molar-refractivity contribution in [2.75, 3.05) is 6.61 Å². The van der Waals surface area contributed by atoms with E-state index in [9.17, 15) is 5.11 Å². The van der Waals surface area contributed by atoms with E-state index in [1.807, 2.05) is 26.0 Å². The number of nitrogens with two attached hydrogens (primary N) is 1. The number of aliphatic hydroxyl groups is 1. The van der Waals surface area contributed by atoms with Crippen LogP contribution in [0.15, 0.2) is 22.7 Å². The highest BCUT2D eigenvalue weighted by molar-refractivity contribution is 9.10. The molecule has 1 aromatic rings. The van der Waals surface area contributed by atoms with Crippen LogP contribution in [0.2, 0.25) is 5.02 Å². The Balaban J connectivity index is 3.02. The molecule has 0 aromatic heterocycles. The molecule has 0 bridgehead atoms. The van der Waals surface area contributed by atoms with Crippen molar-refractivity contribution in [3.63, 3.8) is 0 Å². The number of hydrogen-bond acceptors (Lipinski definition) is 2. The van der Waals surface area contributed by atoms with Crippen molar-refractivity contribution >= 4 is 27.5 Å². The van der Waals surface area contributed by atoms with Crippen molar-refractivity contribution in [2.24, 2.45) is 11.1 Å². The van der Waals surface area contributed by atoms with Gasteiger partial charge in [-0.25, -0.2) is 0 Å². The maximum Gasteiger partial charge on any atom is 0.0548 e. The number of halogens is 2. The number of hydrogen-bond donors (Lipinski definition) is 2. The first-order chi connectivity index (χ1) is 6.88. The first kappa shape index (κ1) is 13.0. The Morgan fingerprint density at radius 3 is 2.60 bits per heavy atom. The summed E-state index contributed by atoms with van der Waals surface area (Å²) in [5, 5.41) is 9.89. The highest BCUT2D eigenvalue weighted by Gasteiger charge is 2.27. The number of aliphatic hydroxyl groups excluding tert-OH is 1. The van der Waals surface area contributed by atoms with Crippen LogP contribution in [0.1, 0.15) is 25.5 Å². The molecule has 0 saturated carbocycles. The van der Waals surface area contributed by atoms with Crippen LogP contribution in [0.25, 0.3) is 0 Å². The van der Waals surface area contributed by atoms with Crippen LogP contribution < -0.4 is 5.73 Å². The molecule has 1 atom stereocenters. The van der Waals surface area contributed by atoms with Crippen LogP contribution in [0, 0.1) is 5.41 Å². The average molecular weight is 293 g/mol. The lowest BCUT2D eigenvalue weighted by Gasteiger charge is -2.29. The Hall–Kier alpha value is -0.0900. The maximum absolute atomic E-state index is 9.23. The first-order valence-corrected chi connectivity index (χ1v) is 5.87. The second kappa shape index (κ2) is 4.83. The van der Waals surface area contributed by atoms with E-state index in [1.54, 1.807) is 6.07 Å². The molecule has 0 spiro atoms. The predicted octanol–water partition coefficient (Wildman–Crippen LogP) is 3.12. The molecule has 4 heteroatoms. The molecule has 15 heavy (non-hydrogen) atoms. The van der Waals surface area contributed by atoms with Gasteiger partial charge in [-0.2, -0.15) is 0 Å². The van der Waals surface area contributed by atoms with Crippen molar-refractivity contribution in [3.8, 4) is 0 Å². The molecule has 0 unspecified atom stereocenters. The van der Waals surface area contributed by atoms with Gasteiger partial charge in [-0.15, -0.1) is 0 Å². The Kier molecular flexibility index (Phi) is 4.18. The summed E-state index contributed by atoms with van der Waals surface area (Å²) in [6.45, 7) is 3.91. The van der Waals surface area contributed by atoms with E-state index >= 15 is 0 Å². The molecule has 0 radical (unpaired) electrons. The summed E-state index contributed by atoms with van der Waals surface area (Å²) < 4.78 is 0.825. The van der Waals surface area contributed by atoms with Crippen molar-refractivity contribution in [3.05, 3.63) is 33.3 Å². The zero-order valence-corrected chi connectivity index (χ0v) is 11.1. The minimum absolute atomic E-state index is 0.0500. The van der Waals surface area contributed by atoms with Gasteiger partial charge in [-0.3, -0.25) is 0 Å². The van der Waals surface area contributed by atoms with Gasteiger partial charge >= 0.3 is 0 Å². The molecule has 1 aromatic carbocycles. The molecule has 0 saturated heterocycles. The average Bonchev–Trinajstić information content (AvgIpc) is 2.21. The lowest BCUT2D eigenvalue weighted by atomic mass is 9.82. The minimum Gasteiger partial charge on any atom is -0.396 e. The Labute approximate surface area is 104 Å². The molecule has 3 N–H and O–H groups in total. The Morgan fingerprint density at radius 1 is 1.53 bits per heavy atom. The summed E-state index contributed by atoms with van der Waals surface area (Å²) in [6.07, 6.45) is 0. The second-order valence-corrected chi connectivity index (χ2v) is 5.56. The van der Waals surface area contributed by atoms with Gasteiger partial charge in [0.1, 0.15) is 0 Å². The van der Waals surface area contributed by atoms with Gasteiger partial charge in [0.05, 0.1) is 5.02 Å². The minimum atomic E-state index is -0.340. The topological polar surface area (TPSA) is 46.2 Å². The van der Waals surface area contributed by atoms with Crippen molar-refractivity contribution < 1.29 is 5.11 Å². The molecule has 84 valence electrons. The third kappa shape index (κ3) is 2.94. The van der Waals surface area contributed by atoms with Gasteiger partial charge < -0.3 is 10.8 Å². The van der Waals surface area contributed by atoms with Crippen LogP contribution >= 0.6 is 27.5 Å². The fourth-order valence-electron chi connectivity index (χ4n) is 1.26. The summed E-state index contributed by atoms with van der Waals surface area (Å²) >= 11 is 9.25. The monoisotopic (exact) mass is 291 g/mol. The van der Waals surface area contributed by atoms with Crippen LogP contribution in [0.3, 0.4) is 0 Å². The molecule has 0 aliphatic heterocycles. The van der Waals surface area contributed by atoms with Crippen LogP contribution in [0.4, 0.5) is 0 Å². The molecular formula is C11H15BrClNO. The molecule has 2 nitrogen and oxygen atoms in total. The van der Waals surface area contributed by atoms with E-state index < -0.39 is 0 Å². The number of rotatable bonds is 3. The van der Waals surface area contributed by atoms with Crippen molar-refractivity contribution in [1.82, 2.24) is 0 Å². The van der Waals surface area contributed by atoms with Crippen LogP contribution in [-0.2, 0) is 0 Å². The molecule has 1 rings (SSSR count). The van der Waals surface area contributed by atoms with E-state index in [0.29, 0.717) is 5.02 Å². The molecule has 0 aliphatic carbocycles. The lowest BCUT2D eigenvalue weighted by Crippen LogP contribution is -2.32.